The fraction of sp³-hybridized carbons (Fsp3) is 0.833. The Hall–Kier alpha value is -1.14. The molecule has 0 radical (unpaired) electrons. The average molecular weight is 255 g/mol. The SMILES string of the molecule is CC(=O)NC1CCN(C(=O)C2CCC(CN)O2)C1. The number of nitrogens with two attached hydrogens (primary N) is 1. The Morgan fingerprint density at radius 1 is 1.39 bits per heavy atom. The second kappa shape index (κ2) is 5.67. The minimum atomic E-state index is -0.338. The van der Waals surface area contributed by atoms with E-state index in [-0.39, 0.29) is 30.1 Å². The average Bonchev–Trinajstić information content (AvgIpc) is 2.95. The first-order chi connectivity index (χ1) is 8.60. The zero-order chi connectivity index (χ0) is 13.1. The minimum absolute atomic E-state index is 0.0210. The number of rotatable bonds is 3. The van der Waals surface area contributed by atoms with Gasteiger partial charge in [0.2, 0.25) is 5.91 Å². The van der Waals surface area contributed by atoms with Crippen molar-refractivity contribution in [2.75, 3.05) is 19.6 Å². The Bertz CT molecular complexity index is 335. The molecule has 0 spiro atoms. The number of likely N-dealkylation sites (tertiary alicyclic amines) is 1. The van der Waals surface area contributed by atoms with Crippen LogP contribution in [-0.2, 0) is 14.3 Å². The molecule has 2 aliphatic heterocycles. The number of hydrogen-bond acceptors (Lipinski definition) is 4. The largest absolute Gasteiger partial charge is 0.364 e. The van der Waals surface area contributed by atoms with Crippen LogP contribution < -0.4 is 11.1 Å². The fourth-order valence-electron chi connectivity index (χ4n) is 2.63. The molecule has 6 nitrogen and oxygen atoms in total. The predicted molar refractivity (Wildman–Crippen MR) is 65.8 cm³/mol. The molecule has 2 amide bonds. The van der Waals surface area contributed by atoms with E-state index < -0.39 is 0 Å². The number of nitrogens with zero attached hydrogens (tertiary/aromatic N) is 1. The topological polar surface area (TPSA) is 84.7 Å². The Morgan fingerprint density at radius 2 is 2.17 bits per heavy atom. The van der Waals surface area contributed by atoms with Crippen LogP contribution in [0.5, 0.6) is 0 Å². The molecule has 2 aliphatic rings. The van der Waals surface area contributed by atoms with Gasteiger partial charge in [-0.15, -0.1) is 0 Å². The molecule has 2 saturated heterocycles. The molecule has 0 aromatic heterocycles. The van der Waals surface area contributed by atoms with Crippen molar-refractivity contribution in [1.82, 2.24) is 10.2 Å². The highest BCUT2D eigenvalue weighted by molar-refractivity contribution is 5.81. The highest BCUT2D eigenvalue weighted by Gasteiger charge is 2.35. The standard InChI is InChI=1S/C12H21N3O3/c1-8(16)14-9-4-5-15(7-9)12(17)11-3-2-10(6-13)18-11/h9-11H,2-7,13H2,1H3,(H,14,16). The van der Waals surface area contributed by atoms with Crippen LogP contribution >= 0.6 is 0 Å². The molecule has 3 N–H and O–H groups in total. The van der Waals surface area contributed by atoms with Crippen LogP contribution in [0.2, 0.25) is 0 Å². The molecule has 3 unspecified atom stereocenters. The highest BCUT2D eigenvalue weighted by atomic mass is 16.5. The van der Waals surface area contributed by atoms with E-state index in [1.165, 1.54) is 6.92 Å². The van der Waals surface area contributed by atoms with E-state index >= 15 is 0 Å². The summed E-state index contributed by atoms with van der Waals surface area (Å²) in [7, 11) is 0. The number of ether oxygens (including phenoxy) is 1. The number of amides is 2. The molecule has 0 aromatic carbocycles. The summed E-state index contributed by atoms with van der Waals surface area (Å²) in [6, 6.07) is 0.0816. The Balaban J connectivity index is 1.82. The van der Waals surface area contributed by atoms with Gasteiger partial charge in [0.15, 0.2) is 0 Å². The second-order valence-electron chi connectivity index (χ2n) is 5.03. The molecular weight excluding hydrogens is 234 g/mol. The van der Waals surface area contributed by atoms with E-state index in [2.05, 4.69) is 5.32 Å². The molecule has 3 atom stereocenters. The maximum atomic E-state index is 12.2. The lowest BCUT2D eigenvalue weighted by Gasteiger charge is -2.21. The lowest BCUT2D eigenvalue weighted by Crippen LogP contribution is -2.41. The molecule has 102 valence electrons. The Morgan fingerprint density at radius 3 is 2.78 bits per heavy atom. The highest BCUT2D eigenvalue weighted by Crippen LogP contribution is 2.22. The smallest absolute Gasteiger partial charge is 0.251 e. The minimum Gasteiger partial charge on any atom is -0.364 e. The van der Waals surface area contributed by atoms with Crippen molar-refractivity contribution >= 4 is 11.8 Å². The zero-order valence-corrected chi connectivity index (χ0v) is 10.7. The molecule has 0 bridgehead atoms. The van der Waals surface area contributed by atoms with Crippen molar-refractivity contribution in [2.45, 2.75) is 44.4 Å². The van der Waals surface area contributed by atoms with E-state index in [0.717, 1.165) is 19.3 Å². The number of carbonyl (C=O) groups is 2. The molecule has 0 saturated carbocycles. The van der Waals surface area contributed by atoms with Gasteiger partial charge in [-0.25, -0.2) is 0 Å². The molecule has 6 heteroatoms. The van der Waals surface area contributed by atoms with Crippen LogP contribution in [0.4, 0.5) is 0 Å². The first kappa shape index (κ1) is 13.3. The van der Waals surface area contributed by atoms with Crippen molar-refractivity contribution in [2.24, 2.45) is 5.73 Å². The van der Waals surface area contributed by atoms with Gasteiger partial charge in [0.05, 0.1) is 6.10 Å². The lowest BCUT2D eigenvalue weighted by atomic mass is 10.2. The van der Waals surface area contributed by atoms with Crippen molar-refractivity contribution in [3.63, 3.8) is 0 Å². The first-order valence-corrected chi connectivity index (χ1v) is 6.51. The summed E-state index contributed by atoms with van der Waals surface area (Å²) in [4.78, 5) is 24.9. The van der Waals surface area contributed by atoms with Gasteiger partial charge in [-0.2, -0.15) is 0 Å². The van der Waals surface area contributed by atoms with Gasteiger partial charge in [0, 0.05) is 32.6 Å². The predicted octanol–water partition coefficient (Wildman–Crippen LogP) is -0.770. The van der Waals surface area contributed by atoms with Gasteiger partial charge in [0.25, 0.3) is 5.91 Å². The Labute approximate surface area is 107 Å². The van der Waals surface area contributed by atoms with E-state index in [0.29, 0.717) is 19.6 Å². The maximum absolute atomic E-state index is 12.2. The summed E-state index contributed by atoms with van der Waals surface area (Å²) in [5, 5.41) is 2.84. The third kappa shape index (κ3) is 3.00. The fourth-order valence-corrected chi connectivity index (χ4v) is 2.63. The lowest BCUT2D eigenvalue weighted by molar-refractivity contribution is -0.141. The second-order valence-corrected chi connectivity index (χ2v) is 5.03. The van der Waals surface area contributed by atoms with Crippen molar-refractivity contribution in [3.05, 3.63) is 0 Å². The maximum Gasteiger partial charge on any atom is 0.251 e. The van der Waals surface area contributed by atoms with Gasteiger partial charge in [-0.05, 0) is 19.3 Å². The first-order valence-electron chi connectivity index (χ1n) is 6.51. The van der Waals surface area contributed by atoms with Crippen LogP contribution in [0.1, 0.15) is 26.2 Å². The summed E-state index contributed by atoms with van der Waals surface area (Å²) in [5.74, 6) is -0.00610. The van der Waals surface area contributed by atoms with E-state index in [1.807, 2.05) is 0 Å². The summed E-state index contributed by atoms with van der Waals surface area (Å²) in [5.41, 5.74) is 5.53. The number of carbonyl (C=O) groups excluding carboxylic acids is 2. The number of hydrogen-bond donors (Lipinski definition) is 2. The monoisotopic (exact) mass is 255 g/mol. The summed E-state index contributed by atoms with van der Waals surface area (Å²) in [6.45, 7) is 3.25. The molecule has 2 fully saturated rings. The van der Waals surface area contributed by atoms with Gasteiger partial charge in [-0.3, -0.25) is 9.59 Å². The van der Waals surface area contributed by atoms with Gasteiger partial charge < -0.3 is 20.7 Å². The van der Waals surface area contributed by atoms with Gasteiger partial charge >= 0.3 is 0 Å². The summed E-state index contributed by atoms with van der Waals surface area (Å²) >= 11 is 0. The van der Waals surface area contributed by atoms with Crippen molar-refractivity contribution in [3.8, 4) is 0 Å². The van der Waals surface area contributed by atoms with Crippen molar-refractivity contribution < 1.29 is 14.3 Å². The quantitative estimate of drug-likeness (QED) is 0.693. The summed E-state index contributed by atoms with van der Waals surface area (Å²) in [6.07, 6.45) is 2.11. The van der Waals surface area contributed by atoms with E-state index in [1.54, 1.807) is 4.90 Å². The van der Waals surface area contributed by atoms with Gasteiger partial charge in [-0.1, -0.05) is 0 Å². The van der Waals surface area contributed by atoms with Crippen LogP contribution in [-0.4, -0.2) is 54.6 Å². The molecule has 0 aliphatic carbocycles. The molecular formula is C12H21N3O3. The molecule has 0 aromatic rings. The van der Waals surface area contributed by atoms with Crippen LogP contribution in [0.25, 0.3) is 0 Å². The molecule has 2 rings (SSSR count). The molecule has 2 heterocycles. The van der Waals surface area contributed by atoms with E-state index in [9.17, 15) is 9.59 Å². The van der Waals surface area contributed by atoms with E-state index in [4.69, 9.17) is 10.5 Å². The summed E-state index contributed by atoms with van der Waals surface area (Å²) < 4.78 is 5.60. The van der Waals surface area contributed by atoms with Crippen molar-refractivity contribution in [1.29, 1.82) is 0 Å². The zero-order valence-electron chi connectivity index (χ0n) is 10.7. The number of nitrogens with one attached hydrogen (secondary N) is 1. The molecule has 18 heavy (non-hydrogen) atoms. The van der Waals surface area contributed by atoms with Crippen LogP contribution in [0, 0.1) is 0 Å². The third-order valence-corrected chi connectivity index (χ3v) is 3.55. The Kier molecular flexibility index (Phi) is 4.19. The van der Waals surface area contributed by atoms with Crippen LogP contribution in [0.15, 0.2) is 0 Å². The van der Waals surface area contributed by atoms with Gasteiger partial charge in [0.1, 0.15) is 6.10 Å². The normalized spacial score (nSPS) is 31.7. The van der Waals surface area contributed by atoms with Crippen LogP contribution in [0.3, 0.4) is 0 Å². The third-order valence-electron chi connectivity index (χ3n) is 3.55.